The summed E-state index contributed by atoms with van der Waals surface area (Å²) >= 11 is 24.8. The van der Waals surface area contributed by atoms with Gasteiger partial charge in [0.15, 0.2) is 0 Å². The molecule has 0 aliphatic carbocycles. The predicted molar refractivity (Wildman–Crippen MR) is 138 cm³/mol. The number of hydrogen-bond acceptors (Lipinski definition) is 2. The van der Waals surface area contributed by atoms with Gasteiger partial charge in [0.2, 0.25) is 0 Å². The number of nitrogens with one attached hydrogen (secondary N) is 1. The molecule has 0 bridgehead atoms. The fraction of sp³-hybridized carbons (Fsp3) is 0.0769. The van der Waals surface area contributed by atoms with E-state index in [1.807, 2.05) is 18.2 Å². The number of rotatable bonds is 6. The van der Waals surface area contributed by atoms with Gasteiger partial charge in [-0.2, -0.15) is 0 Å². The maximum absolute atomic E-state index is 13.7. The molecule has 0 saturated carbocycles. The Kier molecular flexibility index (Phi) is 7.53. The van der Waals surface area contributed by atoms with Crippen LogP contribution in [0.3, 0.4) is 0 Å². The molecule has 1 amide bonds. The van der Waals surface area contributed by atoms with Gasteiger partial charge in [-0.15, -0.1) is 0 Å². The first kappa shape index (κ1) is 25.3. The van der Waals surface area contributed by atoms with Gasteiger partial charge in [0.05, 0.1) is 25.7 Å². The molecule has 4 aromatic carbocycles. The first-order chi connectivity index (χ1) is 16.7. The Hall–Kier alpha value is -2.83. The van der Waals surface area contributed by atoms with Crippen LogP contribution in [0.1, 0.15) is 15.9 Å². The lowest BCUT2D eigenvalue weighted by molar-refractivity contribution is -0.139. The van der Waals surface area contributed by atoms with Crippen LogP contribution in [0.25, 0.3) is 21.9 Å². The fourth-order valence-electron chi connectivity index (χ4n) is 3.92. The SMILES string of the molecule is O=C(N[C@@H](Cc1ccc(-c2c(Cl)cc(F)cc2Cl)c2ccccc12)C(=O)O)c1c(Cl)cccc1Cl. The molecule has 0 unspecified atom stereocenters. The normalized spacial score (nSPS) is 11.9. The third kappa shape index (κ3) is 5.24. The number of carboxylic acid groups (broad SMARTS) is 1. The van der Waals surface area contributed by atoms with Crippen molar-refractivity contribution in [2.75, 3.05) is 0 Å². The summed E-state index contributed by atoms with van der Waals surface area (Å²) in [6.07, 6.45) is -0.0190. The van der Waals surface area contributed by atoms with Crippen molar-refractivity contribution in [1.29, 1.82) is 0 Å². The second kappa shape index (κ2) is 10.4. The van der Waals surface area contributed by atoms with Crippen LogP contribution in [0, 0.1) is 5.82 Å². The summed E-state index contributed by atoms with van der Waals surface area (Å²) in [5, 5.41) is 14.3. The second-order valence-electron chi connectivity index (χ2n) is 7.73. The zero-order chi connectivity index (χ0) is 25.3. The van der Waals surface area contributed by atoms with Crippen LogP contribution < -0.4 is 5.32 Å². The minimum atomic E-state index is -1.26. The summed E-state index contributed by atoms with van der Waals surface area (Å²) < 4.78 is 13.7. The summed E-state index contributed by atoms with van der Waals surface area (Å²) in [7, 11) is 0. The van der Waals surface area contributed by atoms with Crippen LogP contribution in [0.2, 0.25) is 20.1 Å². The van der Waals surface area contributed by atoms with E-state index >= 15 is 0 Å². The summed E-state index contributed by atoms with van der Waals surface area (Å²) in [5.74, 6) is -2.47. The molecule has 0 spiro atoms. The molecule has 0 saturated heterocycles. The minimum Gasteiger partial charge on any atom is -0.480 e. The Labute approximate surface area is 220 Å². The molecular formula is C26H16Cl4FNO3. The van der Waals surface area contributed by atoms with E-state index in [0.717, 1.165) is 10.8 Å². The molecule has 0 aliphatic heterocycles. The smallest absolute Gasteiger partial charge is 0.326 e. The van der Waals surface area contributed by atoms with E-state index in [1.165, 1.54) is 24.3 Å². The largest absolute Gasteiger partial charge is 0.480 e. The van der Waals surface area contributed by atoms with E-state index < -0.39 is 23.7 Å². The summed E-state index contributed by atoms with van der Waals surface area (Å²) in [6, 6.07) is 16.4. The average Bonchev–Trinajstić information content (AvgIpc) is 2.79. The van der Waals surface area contributed by atoms with E-state index in [2.05, 4.69) is 5.32 Å². The predicted octanol–water partition coefficient (Wildman–Crippen LogP) is 7.69. The molecule has 4 nitrogen and oxygen atoms in total. The van der Waals surface area contributed by atoms with Crippen molar-refractivity contribution in [1.82, 2.24) is 5.32 Å². The molecule has 0 heterocycles. The Balaban J connectivity index is 1.73. The first-order valence-electron chi connectivity index (χ1n) is 10.3. The molecule has 0 radical (unpaired) electrons. The molecule has 4 aromatic rings. The number of amides is 1. The highest BCUT2D eigenvalue weighted by Crippen LogP contribution is 2.40. The maximum atomic E-state index is 13.7. The van der Waals surface area contributed by atoms with Crippen molar-refractivity contribution in [2.45, 2.75) is 12.5 Å². The van der Waals surface area contributed by atoms with Crippen LogP contribution in [0.15, 0.2) is 66.7 Å². The lowest BCUT2D eigenvalue weighted by Crippen LogP contribution is -2.42. The van der Waals surface area contributed by atoms with Gasteiger partial charge in [0.25, 0.3) is 5.91 Å². The molecule has 4 rings (SSSR count). The Morgan fingerprint density at radius 1 is 0.829 bits per heavy atom. The highest BCUT2D eigenvalue weighted by molar-refractivity contribution is 6.40. The first-order valence-corrected chi connectivity index (χ1v) is 11.8. The van der Waals surface area contributed by atoms with Gasteiger partial charge < -0.3 is 10.4 Å². The zero-order valence-corrected chi connectivity index (χ0v) is 20.8. The van der Waals surface area contributed by atoms with Crippen molar-refractivity contribution >= 4 is 69.1 Å². The number of fused-ring (bicyclic) bond motifs is 1. The average molecular weight is 551 g/mol. The van der Waals surface area contributed by atoms with Crippen LogP contribution in [0.5, 0.6) is 0 Å². The maximum Gasteiger partial charge on any atom is 0.326 e. The van der Waals surface area contributed by atoms with Crippen LogP contribution >= 0.6 is 46.4 Å². The molecule has 0 fully saturated rings. The summed E-state index contributed by atoms with van der Waals surface area (Å²) in [5.41, 5.74) is 1.80. The van der Waals surface area contributed by atoms with Gasteiger partial charge in [-0.3, -0.25) is 4.79 Å². The summed E-state index contributed by atoms with van der Waals surface area (Å²) in [6.45, 7) is 0. The Morgan fingerprint density at radius 3 is 2.03 bits per heavy atom. The topological polar surface area (TPSA) is 66.4 Å². The standard InChI is InChI=1S/C26H16Cl4FNO3/c27-18-6-3-7-19(28)24(18)25(33)32-22(26(34)35)10-13-8-9-17(16-5-2-1-4-15(13)16)23-20(29)11-14(31)12-21(23)30/h1-9,11-12,22H,10H2,(H,32,33)(H,34,35)/t22-/m0/s1. The highest BCUT2D eigenvalue weighted by Gasteiger charge is 2.25. The third-order valence-corrected chi connectivity index (χ3v) is 6.73. The number of benzene rings is 4. The fourth-order valence-corrected chi connectivity index (χ4v) is 5.16. The number of aliphatic carboxylic acids is 1. The van der Waals surface area contributed by atoms with E-state index in [1.54, 1.807) is 24.3 Å². The Morgan fingerprint density at radius 2 is 1.43 bits per heavy atom. The van der Waals surface area contributed by atoms with Gasteiger partial charge in [-0.1, -0.05) is 88.9 Å². The lowest BCUT2D eigenvalue weighted by atomic mass is 9.92. The molecule has 9 heteroatoms. The quantitative estimate of drug-likeness (QED) is 0.258. The van der Waals surface area contributed by atoms with Crippen molar-refractivity contribution in [3.05, 3.63) is 104 Å². The van der Waals surface area contributed by atoms with Crippen LogP contribution in [0.4, 0.5) is 4.39 Å². The van der Waals surface area contributed by atoms with Crippen LogP contribution in [-0.4, -0.2) is 23.0 Å². The number of halogens is 5. The highest BCUT2D eigenvalue weighted by atomic mass is 35.5. The van der Waals surface area contributed by atoms with Gasteiger partial charge in [0, 0.05) is 12.0 Å². The van der Waals surface area contributed by atoms with Gasteiger partial charge >= 0.3 is 5.97 Å². The minimum absolute atomic E-state index is 0.00267. The van der Waals surface area contributed by atoms with E-state index in [-0.39, 0.29) is 32.1 Å². The van der Waals surface area contributed by atoms with Gasteiger partial charge in [-0.05, 0) is 46.2 Å². The number of hydrogen-bond donors (Lipinski definition) is 2. The molecule has 2 N–H and O–H groups in total. The number of carboxylic acids is 1. The van der Waals surface area contributed by atoms with Crippen molar-refractivity contribution in [3.63, 3.8) is 0 Å². The van der Waals surface area contributed by atoms with Crippen molar-refractivity contribution in [3.8, 4) is 11.1 Å². The molecule has 0 aromatic heterocycles. The zero-order valence-electron chi connectivity index (χ0n) is 17.8. The number of carbonyl (C=O) groups is 2. The Bertz CT molecular complexity index is 1430. The monoisotopic (exact) mass is 549 g/mol. The second-order valence-corrected chi connectivity index (χ2v) is 9.36. The third-order valence-electron chi connectivity index (χ3n) is 5.51. The van der Waals surface area contributed by atoms with Gasteiger partial charge in [0.1, 0.15) is 11.9 Å². The molecule has 35 heavy (non-hydrogen) atoms. The molecular weight excluding hydrogens is 535 g/mol. The van der Waals surface area contributed by atoms with E-state index in [4.69, 9.17) is 46.4 Å². The van der Waals surface area contributed by atoms with Gasteiger partial charge in [-0.25, -0.2) is 9.18 Å². The van der Waals surface area contributed by atoms with Crippen molar-refractivity contribution in [2.24, 2.45) is 0 Å². The molecule has 178 valence electrons. The number of carbonyl (C=O) groups excluding carboxylic acids is 1. The van der Waals surface area contributed by atoms with Crippen LogP contribution in [-0.2, 0) is 11.2 Å². The van der Waals surface area contributed by atoms with E-state index in [0.29, 0.717) is 16.7 Å². The lowest BCUT2D eigenvalue weighted by Gasteiger charge is -2.18. The molecule has 1 atom stereocenters. The summed E-state index contributed by atoms with van der Waals surface area (Å²) in [4.78, 5) is 24.8. The van der Waals surface area contributed by atoms with E-state index in [9.17, 15) is 19.1 Å². The van der Waals surface area contributed by atoms with Crippen molar-refractivity contribution < 1.29 is 19.1 Å². The molecule has 0 aliphatic rings.